The molecule has 0 saturated carbocycles. The minimum atomic E-state index is -0.221. The third kappa shape index (κ3) is 2.88. The van der Waals surface area contributed by atoms with Gasteiger partial charge in [-0.25, -0.2) is 4.39 Å². The molecule has 1 aromatic carbocycles. The van der Waals surface area contributed by atoms with Crippen molar-refractivity contribution in [3.63, 3.8) is 0 Å². The smallest absolute Gasteiger partial charge is 0.227 e. The van der Waals surface area contributed by atoms with Crippen LogP contribution in [0.15, 0.2) is 18.2 Å². The van der Waals surface area contributed by atoms with Crippen molar-refractivity contribution in [3.8, 4) is 0 Å². The number of amides is 1. The van der Waals surface area contributed by atoms with Crippen LogP contribution in [0.3, 0.4) is 0 Å². The number of carbonyl (C=O) groups is 1. The Hall–Kier alpha value is -1.42. The molecule has 0 aromatic heterocycles. The zero-order valence-corrected chi connectivity index (χ0v) is 10.9. The quantitative estimate of drug-likeness (QED) is 0.862. The molecular weight excluding hydrogens is 231 g/mol. The molecule has 0 aliphatic carbocycles. The van der Waals surface area contributed by atoms with Gasteiger partial charge < -0.3 is 10.2 Å². The number of carbonyl (C=O) groups excluding carboxylic acids is 1. The third-order valence-corrected chi connectivity index (χ3v) is 3.40. The van der Waals surface area contributed by atoms with Gasteiger partial charge in [-0.3, -0.25) is 4.79 Å². The zero-order valence-electron chi connectivity index (χ0n) is 10.9. The van der Waals surface area contributed by atoms with Crippen LogP contribution < -0.4 is 5.32 Å². The molecule has 2 rings (SSSR count). The second kappa shape index (κ2) is 5.48. The summed E-state index contributed by atoms with van der Waals surface area (Å²) >= 11 is 0. The first-order valence-corrected chi connectivity index (χ1v) is 6.33. The van der Waals surface area contributed by atoms with Crippen LogP contribution >= 0.6 is 0 Å². The molecule has 1 fully saturated rings. The average molecular weight is 250 g/mol. The van der Waals surface area contributed by atoms with E-state index in [4.69, 9.17) is 0 Å². The van der Waals surface area contributed by atoms with E-state index in [1.54, 1.807) is 19.1 Å². The highest BCUT2D eigenvalue weighted by Crippen LogP contribution is 2.12. The van der Waals surface area contributed by atoms with Gasteiger partial charge in [0.25, 0.3) is 0 Å². The second-order valence-electron chi connectivity index (χ2n) is 4.90. The van der Waals surface area contributed by atoms with Crippen LogP contribution in [0.25, 0.3) is 0 Å². The summed E-state index contributed by atoms with van der Waals surface area (Å²) in [5, 5.41) is 3.26. The van der Waals surface area contributed by atoms with E-state index in [0.29, 0.717) is 12.0 Å². The van der Waals surface area contributed by atoms with E-state index in [1.165, 1.54) is 6.07 Å². The molecule has 1 aromatic rings. The summed E-state index contributed by atoms with van der Waals surface area (Å²) in [7, 11) is 0. The predicted molar refractivity (Wildman–Crippen MR) is 68.9 cm³/mol. The molecule has 1 aliphatic rings. The number of hydrogen-bond acceptors (Lipinski definition) is 2. The van der Waals surface area contributed by atoms with Crippen molar-refractivity contribution in [1.82, 2.24) is 10.2 Å². The number of nitrogens with zero attached hydrogens (tertiary/aromatic N) is 1. The van der Waals surface area contributed by atoms with Gasteiger partial charge >= 0.3 is 0 Å². The lowest BCUT2D eigenvalue weighted by molar-refractivity contribution is -0.133. The average Bonchev–Trinajstić information content (AvgIpc) is 2.34. The summed E-state index contributed by atoms with van der Waals surface area (Å²) in [6.07, 6.45) is 0.353. The van der Waals surface area contributed by atoms with E-state index < -0.39 is 0 Å². The van der Waals surface area contributed by atoms with Gasteiger partial charge in [0.1, 0.15) is 5.82 Å². The molecule has 1 atom stereocenters. The second-order valence-corrected chi connectivity index (χ2v) is 4.90. The standard InChI is InChI=1S/C14H19FN2O/c1-10-7-12(3-4-13(10)15)8-14(18)17-6-5-16-9-11(17)2/h3-4,7,11,16H,5-6,8-9H2,1-2H3. The predicted octanol–water partition coefficient (Wildman–Crippen LogP) is 1.50. The fourth-order valence-corrected chi connectivity index (χ4v) is 2.30. The Balaban J connectivity index is 2.04. The molecule has 1 aliphatic heterocycles. The van der Waals surface area contributed by atoms with E-state index in [1.807, 2.05) is 11.8 Å². The Labute approximate surface area is 107 Å². The highest BCUT2D eigenvalue weighted by Gasteiger charge is 2.22. The Kier molecular flexibility index (Phi) is 3.97. The molecule has 4 heteroatoms. The molecule has 98 valence electrons. The number of aryl methyl sites for hydroxylation is 1. The Morgan fingerprint density at radius 2 is 2.33 bits per heavy atom. The molecule has 0 spiro atoms. The number of piperazine rings is 1. The number of rotatable bonds is 2. The van der Waals surface area contributed by atoms with Crippen LogP contribution in [0.2, 0.25) is 0 Å². The van der Waals surface area contributed by atoms with E-state index in [2.05, 4.69) is 5.32 Å². The molecule has 1 heterocycles. The first-order valence-electron chi connectivity index (χ1n) is 6.33. The molecule has 18 heavy (non-hydrogen) atoms. The lowest BCUT2D eigenvalue weighted by atomic mass is 10.1. The molecular formula is C14H19FN2O. The molecule has 1 N–H and O–H groups in total. The van der Waals surface area contributed by atoms with Crippen molar-refractivity contribution in [2.45, 2.75) is 26.3 Å². The number of benzene rings is 1. The van der Waals surface area contributed by atoms with Crippen LogP contribution in [0.1, 0.15) is 18.1 Å². The van der Waals surface area contributed by atoms with Gasteiger partial charge in [-0.1, -0.05) is 12.1 Å². The van der Waals surface area contributed by atoms with Gasteiger partial charge in [0.05, 0.1) is 6.42 Å². The van der Waals surface area contributed by atoms with Crippen LogP contribution in [0.4, 0.5) is 4.39 Å². The summed E-state index contributed by atoms with van der Waals surface area (Å²) < 4.78 is 13.1. The molecule has 1 saturated heterocycles. The molecule has 1 unspecified atom stereocenters. The van der Waals surface area contributed by atoms with Crippen molar-refractivity contribution in [2.24, 2.45) is 0 Å². The summed E-state index contributed by atoms with van der Waals surface area (Å²) in [6.45, 7) is 6.20. The largest absolute Gasteiger partial charge is 0.337 e. The topological polar surface area (TPSA) is 32.3 Å². The summed E-state index contributed by atoms with van der Waals surface area (Å²) in [6, 6.07) is 5.10. The summed E-state index contributed by atoms with van der Waals surface area (Å²) in [4.78, 5) is 14.1. The minimum absolute atomic E-state index is 0.120. The molecule has 0 radical (unpaired) electrons. The zero-order chi connectivity index (χ0) is 13.1. The van der Waals surface area contributed by atoms with Crippen molar-refractivity contribution >= 4 is 5.91 Å². The number of halogens is 1. The fourth-order valence-electron chi connectivity index (χ4n) is 2.30. The maximum Gasteiger partial charge on any atom is 0.227 e. The SMILES string of the molecule is Cc1cc(CC(=O)N2CCNCC2C)ccc1F. The number of nitrogens with one attached hydrogen (secondary N) is 1. The lowest BCUT2D eigenvalue weighted by Crippen LogP contribution is -2.52. The Bertz CT molecular complexity index is 447. The Morgan fingerprint density at radius 1 is 1.56 bits per heavy atom. The molecule has 0 bridgehead atoms. The Morgan fingerprint density at radius 3 is 3.00 bits per heavy atom. The van der Waals surface area contributed by atoms with E-state index in [9.17, 15) is 9.18 Å². The van der Waals surface area contributed by atoms with E-state index >= 15 is 0 Å². The fraction of sp³-hybridized carbons (Fsp3) is 0.500. The van der Waals surface area contributed by atoms with Crippen LogP contribution in [0.5, 0.6) is 0 Å². The highest BCUT2D eigenvalue weighted by molar-refractivity contribution is 5.79. The number of hydrogen-bond donors (Lipinski definition) is 1. The van der Waals surface area contributed by atoms with Gasteiger partial charge in [0.15, 0.2) is 0 Å². The van der Waals surface area contributed by atoms with Gasteiger partial charge in [-0.05, 0) is 31.0 Å². The van der Waals surface area contributed by atoms with Crippen molar-refractivity contribution in [3.05, 3.63) is 35.1 Å². The van der Waals surface area contributed by atoms with Gasteiger partial charge in [0, 0.05) is 25.7 Å². The van der Waals surface area contributed by atoms with E-state index in [-0.39, 0.29) is 17.8 Å². The maximum atomic E-state index is 13.1. The van der Waals surface area contributed by atoms with Crippen molar-refractivity contribution in [2.75, 3.05) is 19.6 Å². The van der Waals surface area contributed by atoms with Crippen LogP contribution in [-0.4, -0.2) is 36.5 Å². The first-order chi connectivity index (χ1) is 8.58. The minimum Gasteiger partial charge on any atom is -0.337 e. The van der Waals surface area contributed by atoms with Crippen LogP contribution in [-0.2, 0) is 11.2 Å². The van der Waals surface area contributed by atoms with Crippen molar-refractivity contribution in [1.29, 1.82) is 0 Å². The first kappa shape index (κ1) is 13.0. The normalized spacial score (nSPS) is 19.9. The molecule has 1 amide bonds. The van der Waals surface area contributed by atoms with Gasteiger partial charge in [0.2, 0.25) is 5.91 Å². The summed E-state index contributed by atoms with van der Waals surface area (Å²) in [5.41, 5.74) is 1.47. The third-order valence-electron chi connectivity index (χ3n) is 3.40. The highest BCUT2D eigenvalue weighted by atomic mass is 19.1. The lowest BCUT2D eigenvalue weighted by Gasteiger charge is -2.34. The van der Waals surface area contributed by atoms with Gasteiger partial charge in [-0.15, -0.1) is 0 Å². The molecule has 3 nitrogen and oxygen atoms in total. The van der Waals surface area contributed by atoms with E-state index in [0.717, 1.165) is 25.2 Å². The van der Waals surface area contributed by atoms with Gasteiger partial charge in [-0.2, -0.15) is 0 Å². The maximum absolute atomic E-state index is 13.1. The summed E-state index contributed by atoms with van der Waals surface area (Å²) in [5.74, 6) is -0.100. The van der Waals surface area contributed by atoms with Crippen LogP contribution in [0, 0.1) is 12.7 Å². The van der Waals surface area contributed by atoms with Crippen molar-refractivity contribution < 1.29 is 9.18 Å². The monoisotopic (exact) mass is 250 g/mol.